The largest absolute Gasteiger partial charge is 0.497 e. The standard InChI is InChI=1S/C77H115ClN8O19/c1-17-59-77(13,98)68(92)48(9)85(41-43(4)36-75(11,97)70(105-74-66(91)56(79-14)32-44(5)101-74)45(6)67(46(7)73(96)103-59)104-63-37-76(12,100-16)69(93)49(10)102-63)31-21-30-80-61(88)39-83-71(94)64(82-38-42(2)3)65(90)57(33-50-22-19-18-20-23-50)84-62(89)40-81-60(87)35-54-47(8)86(58-29-28-53(99-15)34-55(54)58)72(95)51-24-26-52(78)27-25-51/h18-20,22-29,34,42-46,48-49,56-57,59,63-64,66-70,74,79,82,91-93,97-98H,17,21,30-33,35-41H2,1-16H3,(H,80,88)(H,81,87)(H,83,94)(H,84,89). The number of cyclic esters (lactones) is 1. The first-order chi connectivity index (χ1) is 49.5. The molecule has 584 valence electrons. The SMILES string of the molecule is CCC1OC(=O)C(C)C(OC2CC(C)(OC)C(O)C(C)O2)C(C)C(OC2OC(C)CC(NC)C2O)C(C)(O)CC(C)CN(CCCNC(=O)CNC(=O)C(NCC(C)C)C(=O)C(Cc2ccccc2)NC(=O)CNC(=O)Cc2c(C)n(C(=O)c3ccc(Cl)cc3)c3ccc(OC)cc23)C(C)C(O)C1(C)O. The summed E-state index contributed by atoms with van der Waals surface area (Å²) in [5.74, 6) is -6.61. The van der Waals surface area contributed by atoms with E-state index in [0.717, 1.165) is 0 Å². The lowest BCUT2D eigenvalue weighted by atomic mass is 9.77. The number of aliphatic hydroxyl groups excluding tert-OH is 3. The monoisotopic (exact) mass is 1490 g/mol. The molecule has 3 saturated heterocycles. The highest BCUT2D eigenvalue weighted by molar-refractivity contribution is 6.30. The predicted molar refractivity (Wildman–Crippen MR) is 394 cm³/mol. The second kappa shape index (κ2) is 38.0. The summed E-state index contributed by atoms with van der Waals surface area (Å²) in [6, 6.07) is 16.3. The number of carbonyl (C=O) groups excluding carboxylic acids is 7. The maximum Gasteiger partial charge on any atom is 0.311 e. The second-order valence-electron chi connectivity index (χ2n) is 30.0. The van der Waals surface area contributed by atoms with Crippen LogP contribution in [0.5, 0.6) is 5.75 Å². The number of halogens is 1. The first kappa shape index (κ1) is 85.7. The fraction of sp³-hybridized carbons (Fsp3) is 0.649. The number of esters is 1. The maximum atomic E-state index is 14.8. The number of hydrogen-bond donors (Lipinski definition) is 11. The molecule has 20 unspecified atom stereocenters. The first-order valence-electron chi connectivity index (χ1n) is 36.7. The van der Waals surface area contributed by atoms with Crippen molar-refractivity contribution in [3.05, 3.63) is 100 Å². The highest BCUT2D eigenvalue weighted by Gasteiger charge is 2.53. The Labute approximate surface area is 622 Å². The van der Waals surface area contributed by atoms with E-state index in [0.29, 0.717) is 50.5 Å². The van der Waals surface area contributed by atoms with Gasteiger partial charge in [0.25, 0.3) is 5.91 Å². The average Bonchev–Trinajstić information content (AvgIpc) is 1.64. The number of likely N-dealkylation sites (N-methyl/N-ethyl adjacent to an activating group) is 1. The van der Waals surface area contributed by atoms with Crippen molar-refractivity contribution in [2.24, 2.45) is 23.7 Å². The topological polar surface area (TPSA) is 366 Å². The summed E-state index contributed by atoms with van der Waals surface area (Å²) >= 11 is 6.12. The van der Waals surface area contributed by atoms with Gasteiger partial charge in [0.05, 0.1) is 79.7 Å². The summed E-state index contributed by atoms with van der Waals surface area (Å²) in [6.45, 7) is 22.0. The van der Waals surface area contributed by atoms with Gasteiger partial charge in [0.2, 0.25) is 23.6 Å². The van der Waals surface area contributed by atoms with Gasteiger partial charge < -0.3 is 85.3 Å². The molecule has 4 heterocycles. The van der Waals surface area contributed by atoms with Crippen molar-refractivity contribution < 1.29 is 92.3 Å². The van der Waals surface area contributed by atoms with Crippen molar-refractivity contribution in [1.29, 1.82) is 0 Å². The molecule has 7 rings (SSSR count). The van der Waals surface area contributed by atoms with Crippen LogP contribution in [0.15, 0.2) is 72.8 Å². The summed E-state index contributed by atoms with van der Waals surface area (Å²) in [6.07, 6.45) is -10.3. The number of nitrogens with zero attached hydrogens (tertiary/aromatic N) is 2. The van der Waals surface area contributed by atoms with Crippen LogP contribution in [0, 0.1) is 30.6 Å². The highest BCUT2D eigenvalue weighted by atomic mass is 35.5. The Morgan fingerprint density at radius 2 is 1.50 bits per heavy atom. The van der Waals surface area contributed by atoms with Gasteiger partial charge in [-0.25, -0.2) is 0 Å². The van der Waals surface area contributed by atoms with Crippen molar-refractivity contribution in [3.8, 4) is 5.75 Å². The molecule has 4 aromatic rings. The van der Waals surface area contributed by atoms with Crippen LogP contribution in [0.1, 0.15) is 142 Å². The molecule has 3 aliphatic heterocycles. The number of ether oxygens (including phenoxy) is 7. The molecule has 0 radical (unpaired) electrons. The Kier molecular flexibility index (Phi) is 31.0. The summed E-state index contributed by atoms with van der Waals surface area (Å²) in [5.41, 5.74) is -2.39. The van der Waals surface area contributed by atoms with Crippen molar-refractivity contribution in [2.45, 2.75) is 237 Å². The molecule has 3 fully saturated rings. The first-order valence-corrected chi connectivity index (χ1v) is 37.0. The van der Waals surface area contributed by atoms with Crippen molar-refractivity contribution >= 4 is 63.8 Å². The molecule has 0 spiro atoms. The van der Waals surface area contributed by atoms with E-state index >= 15 is 0 Å². The predicted octanol–water partition coefficient (Wildman–Crippen LogP) is 4.43. The molecule has 105 heavy (non-hydrogen) atoms. The van der Waals surface area contributed by atoms with E-state index in [1.54, 1.807) is 135 Å². The number of amides is 4. The van der Waals surface area contributed by atoms with Crippen molar-refractivity contribution in [1.82, 2.24) is 41.4 Å². The number of benzene rings is 3. The van der Waals surface area contributed by atoms with Crippen LogP contribution in [0.25, 0.3) is 10.9 Å². The summed E-state index contributed by atoms with van der Waals surface area (Å²) in [5, 5.41) is 78.7. The molecule has 28 heteroatoms. The van der Waals surface area contributed by atoms with Crippen LogP contribution in [-0.2, 0) is 70.0 Å². The van der Waals surface area contributed by atoms with Gasteiger partial charge in [0, 0.05) is 72.8 Å². The molecule has 27 nitrogen and oxygen atoms in total. The van der Waals surface area contributed by atoms with Gasteiger partial charge in [-0.3, -0.25) is 48.3 Å². The molecule has 1 aromatic heterocycles. The summed E-state index contributed by atoms with van der Waals surface area (Å²) in [7, 11) is 4.69. The van der Waals surface area contributed by atoms with E-state index in [4.69, 9.17) is 44.8 Å². The highest BCUT2D eigenvalue weighted by Crippen LogP contribution is 2.41. The van der Waals surface area contributed by atoms with Crippen LogP contribution >= 0.6 is 11.6 Å². The van der Waals surface area contributed by atoms with Gasteiger partial charge in [-0.15, -0.1) is 0 Å². The van der Waals surface area contributed by atoms with E-state index in [1.165, 1.54) is 25.7 Å². The molecule has 0 bridgehead atoms. The number of nitrogens with one attached hydrogen (secondary N) is 6. The van der Waals surface area contributed by atoms with Gasteiger partial charge in [-0.05, 0) is 167 Å². The summed E-state index contributed by atoms with van der Waals surface area (Å²) in [4.78, 5) is 101. The lowest BCUT2D eigenvalue weighted by Gasteiger charge is -2.48. The molecule has 11 N–H and O–H groups in total. The number of rotatable bonds is 28. The van der Waals surface area contributed by atoms with E-state index < -0.39 is 163 Å². The third-order valence-electron chi connectivity index (χ3n) is 21.0. The third-order valence-corrected chi connectivity index (χ3v) is 21.3. The number of carbonyl (C=O) groups is 7. The maximum absolute atomic E-state index is 14.8. The molecule has 3 aliphatic rings. The molecule has 0 saturated carbocycles. The van der Waals surface area contributed by atoms with Gasteiger partial charge in [0.1, 0.15) is 41.8 Å². The Hall–Kier alpha value is -6.54. The lowest BCUT2D eigenvalue weighted by Crippen LogP contribution is -2.60. The Bertz CT molecular complexity index is 3560. The Balaban J connectivity index is 1.05. The lowest BCUT2D eigenvalue weighted by molar-refractivity contribution is -0.316. The minimum Gasteiger partial charge on any atom is -0.497 e. The Morgan fingerprint density at radius 3 is 2.13 bits per heavy atom. The zero-order valence-electron chi connectivity index (χ0n) is 63.7. The van der Waals surface area contributed by atoms with Gasteiger partial charge in [0.15, 0.2) is 18.4 Å². The van der Waals surface area contributed by atoms with Crippen molar-refractivity contribution in [3.63, 3.8) is 0 Å². The van der Waals surface area contributed by atoms with E-state index in [9.17, 15) is 59.1 Å². The molecular formula is C77H115ClN8O19. The van der Waals surface area contributed by atoms with Crippen LogP contribution in [-0.4, -0.2) is 239 Å². The molecule has 0 aliphatic carbocycles. The molecule has 3 aromatic carbocycles. The number of methoxy groups -OCH3 is 2. The summed E-state index contributed by atoms with van der Waals surface area (Å²) < 4.78 is 45.1. The minimum atomic E-state index is -2.05. The minimum absolute atomic E-state index is 0.0349. The molecule has 20 atom stereocenters. The zero-order chi connectivity index (χ0) is 77.6. The number of fused-ring (bicyclic) bond motifs is 1. The van der Waals surface area contributed by atoms with Crippen LogP contribution in [0.4, 0.5) is 0 Å². The van der Waals surface area contributed by atoms with Gasteiger partial charge in [-0.1, -0.05) is 76.6 Å². The number of aromatic nitrogens is 1. The number of hydrogen-bond acceptors (Lipinski definition) is 22. The van der Waals surface area contributed by atoms with Crippen LogP contribution in [0.2, 0.25) is 5.02 Å². The van der Waals surface area contributed by atoms with Gasteiger partial charge >= 0.3 is 5.97 Å². The number of Topliss-reactive ketones (excluding diaryl/α,β-unsaturated/α-hetero) is 1. The second-order valence-corrected chi connectivity index (χ2v) is 30.4. The number of ketones is 1. The number of aliphatic hydroxyl groups is 5. The Morgan fingerprint density at radius 1 is 0.819 bits per heavy atom. The molecule has 4 amide bonds. The van der Waals surface area contributed by atoms with Crippen LogP contribution in [0.3, 0.4) is 0 Å². The van der Waals surface area contributed by atoms with E-state index in [2.05, 4.69) is 31.9 Å². The van der Waals surface area contributed by atoms with E-state index in [-0.39, 0.29) is 82.6 Å². The average molecular weight is 1490 g/mol. The van der Waals surface area contributed by atoms with Gasteiger partial charge in [-0.2, -0.15) is 0 Å². The van der Waals surface area contributed by atoms with E-state index in [1.807, 2.05) is 32.6 Å². The fourth-order valence-electron chi connectivity index (χ4n) is 14.9. The quantitative estimate of drug-likeness (QED) is 0.0213. The third kappa shape index (κ3) is 21.9. The smallest absolute Gasteiger partial charge is 0.311 e. The normalized spacial score (nSPS) is 30.8. The van der Waals surface area contributed by atoms with Crippen LogP contribution < -0.4 is 36.6 Å². The molecular weight excluding hydrogens is 1380 g/mol. The fourth-order valence-corrected chi connectivity index (χ4v) is 15.1. The van der Waals surface area contributed by atoms with Crippen molar-refractivity contribution in [2.75, 3.05) is 60.5 Å². The zero-order valence-corrected chi connectivity index (χ0v) is 64.5.